The van der Waals surface area contributed by atoms with Gasteiger partial charge < -0.3 is 4.98 Å². The first-order valence-electron chi connectivity index (χ1n) is 10.5. The van der Waals surface area contributed by atoms with Crippen molar-refractivity contribution in [3.05, 3.63) is 54.6 Å². The monoisotopic (exact) mass is 439 g/mol. The van der Waals surface area contributed by atoms with Crippen molar-refractivity contribution in [2.75, 3.05) is 0 Å². The summed E-state index contributed by atoms with van der Waals surface area (Å²) in [6.45, 7) is 22.5. The van der Waals surface area contributed by atoms with Gasteiger partial charge in [0, 0.05) is 34.0 Å². The molecule has 2 aromatic carbocycles. The molecule has 1 nitrogen and oxygen atoms in total. The topological polar surface area (TPSA) is 15.8 Å². The number of benzene rings is 2. The second-order valence-electron chi connectivity index (χ2n) is 11.3. The third-order valence-electron chi connectivity index (χ3n) is 6.52. The van der Waals surface area contributed by atoms with Gasteiger partial charge in [-0.3, -0.25) is 0 Å². The van der Waals surface area contributed by atoms with E-state index in [2.05, 4.69) is 119 Å². The third kappa shape index (κ3) is 3.16. The zero-order valence-electron chi connectivity index (χ0n) is 19.2. The molecule has 1 N–H and O–H groups in total. The minimum atomic E-state index is -1.73. The summed E-state index contributed by atoms with van der Waals surface area (Å²) in [7, 11) is -4.35. The van der Waals surface area contributed by atoms with Crippen LogP contribution < -0.4 is 5.19 Å². The van der Waals surface area contributed by atoms with Gasteiger partial charge >= 0.3 is 0 Å². The summed E-state index contributed by atoms with van der Waals surface area (Å²) >= 11 is 0. The number of aromatic amines is 1. The van der Waals surface area contributed by atoms with Crippen LogP contribution in [0.4, 0.5) is 0 Å². The van der Waals surface area contributed by atoms with Crippen LogP contribution in [0.2, 0.25) is 58.9 Å². The average Bonchev–Trinajstić information content (AvgIpc) is 2.92. The Hall–Kier alpha value is -1.15. The lowest BCUT2D eigenvalue weighted by Gasteiger charge is -2.58. The second kappa shape index (κ2) is 6.97. The number of para-hydroxylation sites is 1. The van der Waals surface area contributed by atoms with E-state index in [1.165, 1.54) is 22.2 Å². The van der Waals surface area contributed by atoms with Crippen LogP contribution in [0.3, 0.4) is 0 Å². The average molecular weight is 440 g/mol. The summed E-state index contributed by atoms with van der Waals surface area (Å²) in [6, 6.07) is 20.2. The lowest BCUT2D eigenvalue weighted by molar-refractivity contribution is 1.46. The van der Waals surface area contributed by atoms with Gasteiger partial charge in [0.2, 0.25) is 0 Å². The molecule has 0 radical (unpaired) electrons. The summed E-state index contributed by atoms with van der Waals surface area (Å²) in [5, 5.41) is 3.30. The zero-order valence-corrected chi connectivity index (χ0v) is 23.2. The molecule has 3 aromatic rings. The minimum Gasteiger partial charge on any atom is -0.355 e. The van der Waals surface area contributed by atoms with Crippen molar-refractivity contribution in [1.82, 2.24) is 4.98 Å². The van der Waals surface area contributed by atoms with E-state index in [0.717, 1.165) is 0 Å². The number of hydrogen-bond acceptors (Lipinski definition) is 0. The van der Waals surface area contributed by atoms with E-state index >= 15 is 0 Å². The predicted octanol–water partition coefficient (Wildman–Crippen LogP) is 6.74. The van der Waals surface area contributed by atoms with Crippen molar-refractivity contribution >= 4 is 45.5 Å². The fourth-order valence-electron chi connectivity index (χ4n) is 6.85. The highest BCUT2D eigenvalue weighted by atomic mass is 29.9. The molecule has 1 heterocycles. The Balaban J connectivity index is 2.59. The lowest BCUT2D eigenvalue weighted by atomic mass is 10.1. The van der Waals surface area contributed by atoms with Crippen LogP contribution in [0.1, 0.15) is 0 Å². The van der Waals surface area contributed by atoms with E-state index in [9.17, 15) is 0 Å². The third-order valence-corrected chi connectivity index (χ3v) is 77.5. The number of H-pyrrole nitrogens is 1. The Labute approximate surface area is 175 Å². The molecule has 0 aliphatic heterocycles. The molecule has 0 aliphatic carbocycles. The van der Waals surface area contributed by atoms with Gasteiger partial charge in [-0.1, -0.05) is 107 Å². The quantitative estimate of drug-likeness (QED) is 0.424. The van der Waals surface area contributed by atoms with Crippen molar-refractivity contribution in [2.24, 2.45) is 0 Å². The fourth-order valence-corrected chi connectivity index (χ4v) is 107. The molecular weight excluding hydrogens is 403 g/mol. The Bertz CT molecular complexity index is 934. The Morgan fingerprint density at radius 2 is 1.04 bits per heavy atom. The van der Waals surface area contributed by atoms with Crippen LogP contribution in [-0.2, 0) is 0 Å². The zero-order chi connectivity index (χ0) is 21.0. The maximum Gasteiger partial charge on any atom is 0.0721 e. The van der Waals surface area contributed by atoms with Gasteiger partial charge in [-0.15, -0.1) is 0 Å². The molecule has 5 heteroatoms. The molecule has 0 saturated heterocycles. The first-order valence-corrected chi connectivity index (χ1v) is 26.0. The summed E-state index contributed by atoms with van der Waals surface area (Å²) < 4.78 is 0. The maximum atomic E-state index is 3.90. The molecule has 0 atom stereocenters. The Kier molecular flexibility index (Phi) is 5.37. The summed E-state index contributed by atoms with van der Waals surface area (Å²) in [6.07, 6.45) is 0. The molecule has 0 saturated carbocycles. The lowest BCUT2D eigenvalue weighted by Crippen LogP contribution is -2.88. The smallest absolute Gasteiger partial charge is 0.0721 e. The summed E-state index contributed by atoms with van der Waals surface area (Å²) in [5.41, 5.74) is 4.11. The van der Waals surface area contributed by atoms with Crippen molar-refractivity contribution < 1.29 is 0 Å². The van der Waals surface area contributed by atoms with Gasteiger partial charge in [-0.25, -0.2) is 0 Å². The van der Waals surface area contributed by atoms with E-state index in [4.69, 9.17) is 0 Å². The second-order valence-corrected chi connectivity index (χ2v) is 51.5. The first-order chi connectivity index (χ1) is 12.8. The van der Waals surface area contributed by atoms with Gasteiger partial charge in [-0.05, 0) is 22.2 Å². The van der Waals surface area contributed by atoms with Crippen LogP contribution in [0.15, 0.2) is 54.6 Å². The largest absolute Gasteiger partial charge is 0.355 e. The van der Waals surface area contributed by atoms with Crippen LogP contribution in [0.5, 0.6) is 0 Å². The minimum absolute atomic E-state index is 1.32. The molecule has 1 aromatic heterocycles. The van der Waals surface area contributed by atoms with E-state index in [-0.39, 0.29) is 0 Å². The fraction of sp³-hybridized carbons (Fsp3) is 0.391. The van der Waals surface area contributed by atoms with Gasteiger partial charge in [0.05, 0.1) is 6.63 Å². The van der Waals surface area contributed by atoms with Gasteiger partial charge in [0.15, 0.2) is 0 Å². The van der Waals surface area contributed by atoms with E-state index in [0.29, 0.717) is 0 Å². The van der Waals surface area contributed by atoms with E-state index in [1.807, 2.05) is 0 Å². The predicted molar refractivity (Wildman–Crippen MR) is 139 cm³/mol. The number of rotatable bonds is 5. The molecule has 0 unspecified atom stereocenters. The summed E-state index contributed by atoms with van der Waals surface area (Å²) in [4.78, 5) is 3.90. The van der Waals surface area contributed by atoms with Crippen LogP contribution in [0.25, 0.3) is 22.2 Å². The highest BCUT2D eigenvalue weighted by Crippen LogP contribution is 2.40. The highest BCUT2D eigenvalue weighted by molar-refractivity contribution is 7.93. The van der Waals surface area contributed by atoms with E-state index in [1.54, 1.807) is 5.19 Å². The molecule has 0 fully saturated rings. The maximum absolute atomic E-state index is 3.90. The first kappa shape index (κ1) is 21.6. The summed E-state index contributed by atoms with van der Waals surface area (Å²) in [5.74, 6) is 0. The number of fused-ring (bicyclic) bond motifs is 1. The van der Waals surface area contributed by atoms with Gasteiger partial charge in [-0.2, -0.15) is 0 Å². The molecule has 0 aliphatic rings. The number of nitrogens with one attached hydrogen (secondary N) is 1. The van der Waals surface area contributed by atoms with Crippen molar-refractivity contribution in [1.29, 1.82) is 0 Å². The van der Waals surface area contributed by atoms with Gasteiger partial charge in [0.25, 0.3) is 0 Å². The van der Waals surface area contributed by atoms with Crippen molar-refractivity contribution in [3.63, 3.8) is 0 Å². The van der Waals surface area contributed by atoms with Crippen LogP contribution in [0, 0.1) is 0 Å². The molecule has 28 heavy (non-hydrogen) atoms. The van der Waals surface area contributed by atoms with Gasteiger partial charge in [0.1, 0.15) is 0 Å². The Morgan fingerprint density at radius 1 is 0.571 bits per heavy atom. The number of aromatic nitrogens is 1. The number of hydrogen-bond donors (Lipinski definition) is 1. The normalized spacial score (nSPS) is 13.9. The molecule has 150 valence electrons. The van der Waals surface area contributed by atoms with Crippen LogP contribution >= 0.6 is 0 Å². The Morgan fingerprint density at radius 3 is 1.54 bits per heavy atom. The molecular formula is C23H37NSi4. The standard InChI is InChI=1S/C23H37NSi4/c1-25(2,3)28(26(4,5)6,27(7,8)9)23-20-17-13-14-18-21(20)24-22(23)19-15-11-10-12-16-19/h10-18,24H,1-9H3. The van der Waals surface area contributed by atoms with Crippen molar-refractivity contribution in [2.45, 2.75) is 58.9 Å². The van der Waals surface area contributed by atoms with E-state index < -0.39 is 29.4 Å². The molecule has 3 rings (SSSR count). The molecule has 0 spiro atoms. The molecule has 0 bridgehead atoms. The molecule has 0 amide bonds. The highest BCUT2D eigenvalue weighted by Gasteiger charge is 2.64. The van der Waals surface area contributed by atoms with Crippen LogP contribution in [-0.4, -0.2) is 34.4 Å². The van der Waals surface area contributed by atoms with Crippen molar-refractivity contribution in [3.8, 4) is 11.3 Å². The SMILES string of the molecule is C[Si](C)(C)[Si](c1c(-c2ccccc2)[nH]c2ccccc12)([Si](C)(C)C)[Si](C)(C)C.